The van der Waals surface area contributed by atoms with Crippen molar-refractivity contribution < 1.29 is 38.2 Å². The van der Waals surface area contributed by atoms with Crippen LogP contribution in [0.2, 0.25) is 0 Å². The Labute approximate surface area is 330 Å². The van der Waals surface area contributed by atoms with E-state index < -0.39 is 18.1 Å². The molecule has 0 saturated heterocycles. The summed E-state index contributed by atoms with van der Waals surface area (Å²) in [5.74, 6) is -1.77. The molecule has 0 radical (unpaired) electrons. The number of nitrogens with zero attached hydrogens (tertiary/aromatic N) is 1. The SMILES string of the molecule is CC/C=C/C/C=C/C/C=C/C/C=C/CCCCCCCCCC(=O)OC(COCCC(C(=O)[O-])[N+](C)(C)C)COC(=O)CCCCCC/C=C/CCCC. The average molecular weight is 758 g/mol. The Morgan fingerprint density at radius 3 is 1.56 bits per heavy atom. The van der Waals surface area contributed by atoms with Crippen LogP contribution in [0.1, 0.15) is 162 Å². The number of aliphatic carboxylic acids is 1. The molecule has 0 fully saturated rings. The molecule has 0 heterocycles. The first kappa shape index (κ1) is 51.0. The number of likely N-dealkylation sites (N-methyl/N-ethyl adjacent to an activating group) is 1. The monoisotopic (exact) mass is 758 g/mol. The highest BCUT2D eigenvalue weighted by molar-refractivity contribution is 5.70. The van der Waals surface area contributed by atoms with E-state index in [4.69, 9.17) is 14.2 Å². The summed E-state index contributed by atoms with van der Waals surface area (Å²) in [6.45, 7) is 4.46. The van der Waals surface area contributed by atoms with Crippen LogP contribution >= 0.6 is 0 Å². The molecule has 0 aliphatic carbocycles. The number of carbonyl (C=O) groups excluding carboxylic acids is 3. The van der Waals surface area contributed by atoms with Gasteiger partial charge in [0.25, 0.3) is 0 Å². The van der Waals surface area contributed by atoms with Gasteiger partial charge < -0.3 is 28.6 Å². The van der Waals surface area contributed by atoms with Crippen molar-refractivity contribution >= 4 is 17.9 Å². The second-order valence-electron chi connectivity index (χ2n) is 15.2. The Balaban J connectivity index is 4.35. The van der Waals surface area contributed by atoms with Crippen LogP contribution in [0.3, 0.4) is 0 Å². The number of rotatable bonds is 37. The Bertz CT molecular complexity index is 1070. The molecule has 54 heavy (non-hydrogen) atoms. The van der Waals surface area contributed by atoms with Gasteiger partial charge >= 0.3 is 11.9 Å². The lowest BCUT2D eigenvalue weighted by molar-refractivity contribution is -0.889. The van der Waals surface area contributed by atoms with Gasteiger partial charge in [-0.1, -0.05) is 132 Å². The molecule has 2 atom stereocenters. The summed E-state index contributed by atoms with van der Waals surface area (Å²) < 4.78 is 17.1. The molecule has 0 aromatic rings. The van der Waals surface area contributed by atoms with Gasteiger partial charge in [0.1, 0.15) is 12.6 Å². The smallest absolute Gasteiger partial charge is 0.306 e. The molecule has 0 aromatic carbocycles. The number of allylic oxidation sites excluding steroid dienone is 10. The number of ether oxygens (including phenoxy) is 3. The van der Waals surface area contributed by atoms with E-state index in [0.29, 0.717) is 12.8 Å². The fourth-order valence-corrected chi connectivity index (χ4v) is 5.81. The predicted octanol–water partition coefficient (Wildman–Crippen LogP) is 10.1. The number of quaternary nitrogens is 1. The Hall–Kier alpha value is -2.97. The molecule has 8 heteroatoms. The highest BCUT2D eigenvalue weighted by Crippen LogP contribution is 2.13. The zero-order valence-corrected chi connectivity index (χ0v) is 35.1. The van der Waals surface area contributed by atoms with Gasteiger partial charge in [0.05, 0.1) is 40.3 Å². The summed E-state index contributed by atoms with van der Waals surface area (Å²) in [5.41, 5.74) is 0. The van der Waals surface area contributed by atoms with Crippen molar-refractivity contribution in [3.63, 3.8) is 0 Å². The van der Waals surface area contributed by atoms with E-state index in [1.54, 1.807) is 21.1 Å². The van der Waals surface area contributed by atoms with Crippen molar-refractivity contribution in [3.05, 3.63) is 60.8 Å². The number of carbonyl (C=O) groups is 3. The van der Waals surface area contributed by atoms with E-state index in [0.717, 1.165) is 96.3 Å². The molecule has 0 rings (SSSR count). The van der Waals surface area contributed by atoms with Gasteiger partial charge in [0.15, 0.2) is 6.10 Å². The molecule has 8 nitrogen and oxygen atoms in total. The van der Waals surface area contributed by atoms with Crippen LogP contribution in [0.4, 0.5) is 0 Å². The zero-order chi connectivity index (χ0) is 40.0. The van der Waals surface area contributed by atoms with Crippen LogP contribution in [-0.4, -0.2) is 75.5 Å². The minimum absolute atomic E-state index is 0.0304. The topological polar surface area (TPSA) is 102 Å². The summed E-state index contributed by atoms with van der Waals surface area (Å²) in [6, 6.07) is -0.730. The van der Waals surface area contributed by atoms with E-state index in [1.807, 2.05) is 0 Å². The first-order valence-corrected chi connectivity index (χ1v) is 21.3. The van der Waals surface area contributed by atoms with Crippen molar-refractivity contribution in [1.29, 1.82) is 0 Å². The van der Waals surface area contributed by atoms with E-state index >= 15 is 0 Å². The van der Waals surface area contributed by atoms with Gasteiger partial charge in [0.2, 0.25) is 0 Å². The van der Waals surface area contributed by atoms with E-state index in [2.05, 4.69) is 74.6 Å². The second-order valence-corrected chi connectivity index (χ2v) is 15.2. The largest absolute Gasteiger partial charge is 0.544 e. The number of unbranched alkanes of at least 4 members (excludes halogenated alkanes) is 13. The average Bonchev–Trinajstić information content (AvgIpc) is 3.12. The van der Waals surface area contributed by atoms with E-state index in [9.17, 15) is 19.5 Å². The normalized spacial score (nSPS) is 13.6. The van der Waals surface area contributed by atoms with Gasteiger partial charge in [-0.2, -0.15) is 0 Å². The zero-order valence-electron chi connectivity index (χ0n) is 35.1. The lowest BCUT2D eigenvalue weighted by Gasteiger charge is -2.34. The second kappa shape index (κ2) is 37.0. The molecule has 0 N–H and O–H groups in total. The molecule has 0 saturated carbocycles. The summed E-state index contributed by atoms with van der Waals surface area (Å²) in [5, 5.41) is 11.6. The minimum Gasteiger partial charge on any atom is -0.544 e. The van der Waals surface area contributed by atoms with Gasteiger partial charge in [-0.05, 0) is 70.6 Å². The highest BCUT2D eigenvalue weighted by Gasteiger charge is 2.25. The maximum absolute atomic E-state index is 12.7. The van der Waals surface area contributed by atoms with Crippen LogP contribution in [0.25, 0.3) is 0 Å². The molecule has 0 bridgehead atoms. The molecule has 2 unspecified atom stereocenters. The van der Waals surface area contributed by atoms with Gasteiger partial charge in [0, 0.05) is 19.3 Å². The van der Waals surface area contributed by atoms with Gasteiger partial charge in [-0.25, -0.2) is 0 Å². The minimum atomic E-state index is -1.13. The molecule has 0 aromatic heterocycles. The van der Waals surface area contributed by atoms with Crippen molar-refractivity contribution in [1.82, 2.24) is 0 Å². The third-order valence-corrected chi connectivity index (χ3v) is 9.14. The first-order chi connectivity index (χ1) is 26.1. The van der Waals surface area contributed by atoms with Crippen molar-refractivity contribution in [2.75, 3.05) is 41.0 Å². The molecule has 0 aliphatic heterocycles. The van der Waals surface area contributed by atoms with Crippen molar-refractivity contribution in [2.24, 2.45) is 0 Å². The Kier molecular flexibility index (Phi) is 34.9. The quantitative estimate of drug-likeness (QED) is 0.0269. The van der Waals surface area contributed by atoms with E-state index in [1.165, 1.54) is 32.1 Å². The lowest BCUT2D eigenvalue weighted by Crippen LogP contribution is -2.55. The highest BCUT2D eigenvalue weighted by atomic mass is 16.6. The third-order valence-electron chi connectivity index (χ3n) is 9.14. The number of esters is 2. The maximum Gasteiger partial charge on any atom is 0.306 e. The molecule has 0 spiro atoms. The summed E-state index contributed by atoms with van der Waals surface area (Å²) >= 11 is 0. The van der Waals surface area contributed by atoms with Crippen LogP contribution < -0.4 is 5.11 Å². The molecular weight excluding hydrogens is 679 g/mol. The Morgan fingerprint density at radius 1 is 0.574 bits per heavy atom. The summed E-state index contributed by atoms with van der Waals surface area (Å²) in [4.78, 5) is 36.7. The van der Waals surface area contributed by atoms with E-state index in [-0.39, 0.29) is 42.7 Å². The van der Waals surface area contributed by atoms with Gasteiger partial charge in [-0.15, -0.1) is 0 Å². The summed E-state index contributed by atoms with van der Waals surface area (Å²) in [6.07, 6.45) is 43.9. The van der Waals surface area contributed by atoms with Gasteiger partial charge in [-0.3, -0.25) is 9.59 Å². The fraction of sp³-hybridized carbons (Fsp3) is 0.717. The molecule has 0 aliphatic rings. The molecule has 310 valence electrons. The third kappa shape index (κ3) is 34.8. The van der Waals surface area contributed by atoms with Crippen LogP contribution in [0.5, 0.6) is 0 Å². The first-order valence-electron chi connectivity index (χ1n) is 21.3. The number of carboxylic acids is 1. The van der Waals surface area contributed by atoms with Crippen LogP contribution in [0.15, 0.2) is 60.8 Å². The fourth-order valence-electron chi connectivity index (χ4n) is 5.81. The number of carboxylic acid groups (broad SMARTS) is 1. The standard InChI is InChI=1S/C46H79NO7/c1-6-8-10-12-14-16-18-19-20-21-22-23-24-25-26-27-29-31-33-35-37-45(49)54-42(40-52-39-38-43(46(50)51)47(3,4)5)41-53-44(48)36-34-32-30-28-17-15-13-11-9-7-2/h8,10,13-16,19-20,22-23,42-43H,6-7,9,11-12,17-18,21,24-41H2,1-5H3/b10-8+,15-13+,16-14+,20-19+,23-22+. The number of hydrogen-bond donors (Lipinski definition) is 0. The summed E-state index contributed by atoms with van der Waals surface area (Å²) in [7, 11) is 5.39. The van der Waals surface area contributed by atoms with Crippen LogP contribution in [-0.2, 0) is 28.6 Å². The molecular formula is C46H79NO7. The Morgan fingerprint density at radius 2 is 1.04 bits per heavy atom. The van der Waals surface area contributed by atoms with Crippen LogP contribution in [0, 0.1) is 0 Å². The molecule has 0 amide bonds. The maximum atomic E-state index is 12.7. The van der Waals surface area contributed by atoms with Crippen molar-refractivity contribution in [2.45, 2.75) is 174 Å². The lowest BCUT2D eigenvalue weighted by atomic mass is 10.1. The predicted molar refractivity (Wildman–Crippen MR) is 222 cm³/mol. The van der Waals surface area contributed by atoms with Crippen molar-refractivity contribution in [3.8, 4) is 0 Å². The number of hydrogen-bond acceptors (Lipinski definition) is 7.